The molecular formula is C41H49FN8O3. The first-order chi connectivity index (χ1) is 25.6. The summed E-state index contributed by atoms with van der Waals surface area (Å²) in [5.41, 5.74) is 4.66. The minimum absolute atomic E-state index is 0.0589. The summed E-state index contributed by atoms with van der Waals surface area (Å²) in [6.07, 6.45) is 8.94. The SMILES string of the molecule is CC(C)n1cnc2cc(-c3ccc4c(c3)N(C3CC(N5C[C@@H](C)[C@@H](C)C5)C3)C(=O)C43CCN(C(=O)[C@@H]4CCCO4)CC3)nc(Nc3ccncc3F)c21. The van der Waals surface area contributed by atoms with E-state index >= 15 is 0 Å². The zero-order valence-electron chi connectivity index (χ0n) is 31.1. The number of ether oxygens (including phenoxy) is 1. The number of carbonyl (C=O) groups is 2. The third kappa shape index (κ3) is 5.71. The molecule has 3 saturated heterocycles. The first-order valence-corrected chi connectivity index (χ1v) is 19.5. The lowest BCUT2D eigenvalue weighted by atomic mass is 9.73. The molecule has 4 aromatic rings. The molecule has 0 radical (unpaired) electrons. The van der Waals surface area contributed by atoms with E-state index < -0.39 is 11.2 Å². The number of aromatic nitrogens is 4. The maximum absolute atomic E-state index is 14.9. The lowest BCUT2D eigenvalue weighted by molar-refractivity contribution is -0.144. The van der Waals surface area contributed by atoms with E-state index in [2.05, 4.69) is 66.0 Å². The lowest BCUT2D eigenvalue weighted by Crippen LogP contribution is -2.58. The molecule has 1 aliphatic carbocycles. The fraction of sp³-hybridized carbons (Fsp3) is 0.537. The van der Waals surface area contributed by atoms with Crippen LogP contribution in [0.5, 0.6) is 0 Å². The summed E-state index contributed by atoms with van der Waals surface area (Å²) >= 11 is 0. The number of likely N-dealkylation sites (tertiary alicyclic amines) is 2. The number of carbonyl (C=O) groups excluding carboxylic acids is 2. The maximum Gasteiger partial charge on any atom is 0.251 e. The van der Waals surface area contributed by atoms with E-state index in [-0.39, 0.29) is 35.7 Å². The smallest absolute Gasteiger partial charge is 0.251 e. The zero-order valence-corrected chi connectivity index (χ0v) is 31.1. The number of anilines is 3. The van der Waals surface area contributed by atoms with Gasteiger partial charge in [-0.15, -0.1) is 0 Å². The third-order valence-corrected chi connectivity index (χ3v) is 13.0. The van der Waals surface area contributed by atoms with Crippen molar-refractivity contribution in [2.75, 3.05) is 43.0 Å². The van der Waals surface area contributed by atoms with Crippen LogP contribution in [-0.4, -0.2) is 92.1 Å². The van der Waals surface area contributed by atoms with E-state index in [0.29, 0.717) is 61.9 Å². The summed E-state index contributed by atoms with van der Waals surface area (Å²) in [5.74, 6) is 1.61. The van der Waals surface area contributed by atoms with Crippen LogP contribution >= 0.6 is 0 Å². The Labute approximate surface area is 309 Å². The number of pyridine rings is 2. The predicted molar refractivity (Wildman–Crippen MR) is 201 cm³/mol. The Bertz CT molecular complexity index is 2050. The highest BCUT2D eigenvalue weighted by molar-refractivity contribution is 6.09. The second-order valence-corrected chi connectivity index (χ2v) is 16.5. The van der Waals surface area contributed by atoms with Crippen LogP contribution in [0, 0.1) is 17.7 Å². The van der Waals surface area contributed by atoms with Crippen molar-refractivity contribution in [3.8, 4) is 11.3 Å². The average molecular weight is 721 g/mol. The number of piperidine rings is 1. The highest BCUT2D eigenvalue weighted by Gasteiger charge is 2.56. The van der Waals surface area contributed by atoms with Crippen LogP contribution in [-0.2, 0) is 19.7 Å². The molecule has 4 aliphatic heterocycles. The fourth-order valence-electron chi connectivity index (χ4n) is 9.51. The van der Waals surface area contributed by atoms with Gasteiger partial charge in [0.2, 0.25) is 5.91 Å². The Morgan fingerprint density at radius 3 is 2.53 bits per heavy atom. The summed E-state index contributed by atoms with van der Waals surface area (Å²) < 4.78 is 22.6. The Morgan fingerprint density at radius 1 is 1.06 bits per heavy atom. The van der Waals surface area contributed by atoms with Crippen molar-refractivity contribution in [2.24, 2.45) is 11.8 Å². The fourth-order valence-corrected chi connectivity index (χ4v) is 9.51. The van der Waals surface area contributed by atoms with E-state index in [1.165, 1.54) is 6.20 Å². The minimum Gasteiger partial charge on any atom is -0.368 e. The van der Waals surface area contributed by atoms with E-state index in [0.717, 1.165) is 66.6 Å². The van der Waals surface area contributed by atoms with Crippen LogP contribution in [0.3, 0.4) is 0 Å². The monoisotopic (exact) mass is 720 g/mol. The van der Waals surface area contributed by atoms with Gasteiger partial charge in [0.05, 0.1) is 34.8 Å². The molecule has 9 rings (SSSR count). The summed E-state index contributed by atoms with van der Waals surface area (Å²) in [7, 11) is 0. The molecular weight excluding hydrogens is 672 g/mol. The number of fused-ring (bicyclic) bond motifs is 3. The molecule has 7 heterocycles. The van der Waals surface area contributed by atoms with Crippen molar-refractivity contribution in [3.63, 3.8) is 0 Å². The van der Waals surface area contributed by atoms with E-state index in [1.807, 2.05) is 15.5 Å². The van der Waals surface area contributed by atoms with Gasteiger partial charge in [-0.05, 0) is 88.0 Å². The highest BCUT2D eigenvalue weighted by atomic mass is 19.1. The second-order valence-electron chi connectivity index (χ2n) is 16.5. The number of hydrogen-bond acceptors (Lipinski definition) is 8. The Morgan fingerprint density at radius 2 is 1.83 bits per heavy atom. The van der Waals surface area contributed by atoms with Gasteiger partial charge >= 0.3 is 0 Å². The number of nitrogens with one attached hydrogen (secondary N) is 1. The van der Waals surface area contributed by atoms with Crippen LogP contribution in [0.1, 0.15) is 77.8 Å². The van der Waals surface area contributed by atoms with Gasteiger partial charge in [-0.25, -0.2) is 14.4 Å². The molecule has 5 aliphatic rings. The number of rotatable bonds is 7. The number of benzene rings is 1. The predicted octanol–water partition coefficient (Wildman–Crippen LogP) is 6.46. The van der Waals surface area contributed by atoms with Gasteiger partial charge in [0, 0.05) is 68.4 Å². The summed E-state index contributed by atoms with van der Waals surface area (Å²) in [4.78, 5) is 48.6. The molecule has 3 atom stereocenters. The first kappa shape index (κ1) is 34.4. The number of hydrogen-bond donors (Lipinski definition) is 1. The highest BCUT2D eigenvalue weighted by Crippen LogP contribution is 2.52. The molecule has 4 fully saturated rings. The lowest BCUT2D eigenvalue weighted by Gasteiger charge is -2.46. The standard InChI is InChI=1S/C41H49FN8O3/c1-24(2)49-23-44-34-19-33(46-38(37(34)49)45-32-9-12-43-20-31(32)42)27-7-8-30-35(16-27)50(29-17-28(18-29)48-21-25(3)26(4)22-48)40(52)41(30)10-13-47(14-11-41)39(51)36-6-5-15-53-36/h7-9,12,16,19-20,23-26,28-29,36H,5-6,10-11,13-15,17-18,21-22H2,1-4H3,(H,43,45,46)/t25-,26+,28?,29?,36-/m0/s1. The van der Waals surface area contributed by atoms with Crippen LogP contribution in [0.2, 0.25) is 0 Å². The van der Waals surface area contributed by atoms with Gasteiger partial charge in [0.15, 0.2) is 11.6 Å². The van der Waals surface area contributed by atoms with Crippen molar-refractivity contribution in [1.82, 2.24) is 29.3 Å². The summed E-state index contributed by atoms with van der Waals surface area (Å²) in [5, 5.41) is 3.23. The molecule has 0 unspecified atom stereocenters. The molecule has 1 saturated carbocycles. The van der Waals surface area contributed by atoms with Crippen molar-refractivity contribution in [2.45, 2.75) is 95.9 Å². The molecule has 2 amide bonds. The molecule has 0 bridgehead atoms. The molecule has 278 valence electrons. The van der Waals surface area contributed by atoms with E-state index in [4.69, 9.17) is 14.7 Å². The zero-order chi connectivity index (χ0) is 36.6. The average Bonchev–Trinajstić information content (AvgIpc) is 3.93. The van der Waals surface area contributed by atoms with Crippen LogP contribution in [0.25, 0.3) is 22.3 Å². The molecule has 53 heavy (non-hydrogen) atoms. The Balaban J connectivity index is 1.08. The van der Waals surface area contributed by atoms with Crippen molar-refractivity contribution >= 4 is 40.0 Å². The van der Waals surface area contributed by atoms with Crippen molar-refractivity contribution in [3.05, 3.63) is 60.4 Å². The third-order valence-electron chi connectivity index (χ3n) is 13.0. The summed E-state index contributed by atoms with van der Waals surface area (Å²) in [6.45, 7) is 12.8. The van der Waals surface area contributed by atoms with Crippen LogP contribution < -0.4 is 10.2 Å². The molecule has 1 N–H and O–H groups in total. The largest absolute Gasteiger partial charge is 0.368 e. The molecule has 1 aromatic carbocycles. The normalized spacial score (nSPS) is 26.9. The minimum atomic E-state index is -0.679. The van der Waals surface area contributed by atoms with Gasteiger partial charge in [0.1, 0.15) is 11.6 Å². The number of halogens is 1. The van der Waals surface area contributed by atoms with Gasteiger partial charge in [0.25, 0.3) is 5.91 Å². The number of imidazole rings is 1. The van der Waals surface area contributed by atoms with Gasteiger partial charge in [-0.1, -0.05) is 26.0 Å². The Hall–Kier alpha value is -4.42. The molecule has 1 spiro atoms. The maximum atomic E-state index is 14.9. The quantitative estimate of drug-likeness (QED) is 0.232. The Kier molecular flexibility index (Phi) is 8.53. The molecule has 3 aromatic heterocycles. The van der Waals surface area contributed by atoms with Crippen LogP contribution in [0.15, 0.2) is 49.1 Å². The molecule has 12 heteroatoms. The van der Waals surface area contributed by atoms with Gasteiger partial charge in [-0.3, -0.25) is 19.5 Å². The molecule has 11 nitrogen and oxygen atoms in total. The van der Waals surface area contributed by atoms with E-state index in [9.17, 15) is 14.0 Å². The number of amides is 2. The van der Waals surface area contributed by atoms with Crippen LogP contribution in [0.4, 0.5) is 21.6 Å². The van der Waals surface area contributed by atoms with Crippen molar-refractivity contribution in [1.29, 1.82) is 0 Å². The number of nitrogens with zero attached hydrogens (tertiary/aromatic N) is 7. The van der Waals surface area contributed by atoms with Gasteiger partial charge in [-0.2, -0.15) is 0 Å². The first-order valence-electron chi connectivity index (χ1n) is 19.5. The van der Waals surface area contributed by atoms with E-state index in [1.54, 1.807) is 18.6 Å². The topological polar surface area (TPSA) is 109 Å². The van der Waals surface area contributed by atoms with Crippen molar-refractivity contribution < 1.29 is 18.7 Å². The summed E-state index contributed by atoms with van der Waals surface area (Å²) in [6, 6.07) is 10.6. The second kappa shape index (κ2) is 13.2. The van der Waals surface area contributed by atoms with Gasteiger partial charge < -0.3 is 24.4 Å².